The van der Waals surface area contributed by atoms with Crippen LogP contribution in [0.25, 0.3) is 22.0 Å². The first kappa shape index (κ1) is 28.0. The van der Waals surface area contributed by atoms with Gasteiger partial charge in [0.05, 0.1) is 36.9 Å². The summed E-state index contributed by atoms with van der Waals surface area (Å²) in [5, 5.41) is 8.45. The molecule has 0 amide bonds. The van der Waals surface area contributed by atoms with E-state index in [1.807, 2.05) is 12.1 Å². The lowest BCUT2D eigenvalue weighted by molar-refractivity contribution is -0.113. The van der Waals surface area contributed by atoms with E-state index in [4.69, 9.17) is 42.4 Å². The standard InChI is InChI=1S/C28H32Cl2N4O4/c1-15(16(2)35)13-31-19-8-6-7-9-20(19)33-28-32-14-17-10-18(22(36-3)11-21(17)34-28)25-26(29)23(37-4)12-24(38-5)27(25)30/h10-12,14,19-20,31H,1,6-9,13H2,2-5H3,(H,32,33,34). The van der Waals surface area contributed by atoms with Gasteiger partial charge in [-0.25, -0.2) is 9.97 Å². The lowest BCUT2D eigenvalue weighted by atomic mass is 9.90. The summed E-state index contributed by atoms with van der Waals surface area (Å²) in [6.07, 6.45) is 5.97. The smallest absolute Gasteiger partial charge is 0.223 e. The van der Waals surface area contributed by atoms with Gasteiger partial charge in [0.15, 0.2) is 5.78 Å². The fourth-order valence-electron chi connectivity index (χ4n) is 4.71. The molecular formula is C28H32Cl2N4O4. The van der Waals surface area contributed by atoms with Crippen LogP contribution < -0.4 is 24.8 Å². The summed E-state index contributed by atoms with van der Waals surface area (Å²) in [6, 6.07) is 5.69. The first-order valence-electron chi connectivity index (χ1n) is 12.4. The second-order valence-corrected chi connectivity index (χ2v) is 10.0. The average Bonchev–Trinajstić information content (AvgIpc) is 2.92. The van der Waals surface area contributed by atoms with Crippen LogP contribution in [0.2, 0.25) is 10.0 Å². The van der Waals surface area contributed by atoms with Crippen molar-refractivity contribution < 1.29 is 19.0 Å². The van der Waals surface area contributed by atoms with E-state index < -0.39 is 0 Å². The summed E-state index contributed by atoms with van der Waals surface area (Å²) in [5.41, 5.74) is 2.48. The van der Waals surface area contributed by atoms with Crippen LogP contribution in [0.3, 0.4) is 0 Å². The summed E-state index contributed by atoms with van der Waals surface area (Å²) in [5.74, 6) is 1.93. The summed E-state index contributed by atoms with van der Waals surface area (Å²) >= 11 is 13.4. The third-order valence-electron chi connectivity index (χ3n) is 6.90. The van der Waals surface area contributed by atoms with Crippen LogP contribution >= 0.6 is 23.2 Å². The molecule has 2 atom stereocenters. The summed E-state index contributed by atoms with van der Waals surface area (Å²) in [7, 11) is 4.64. The zero-order chi connectivity index (χ0) is 27.4. The number of nitrogens with one attached hydrogen (secondary N) is 2. The Bertz CT molecular complexity index is 1340. The zero-order valence-electron chi connectivity index (χ0n) is 22.0. The first-order valence-corrected chi connectivity index (χ1v) is 13.2. The number of hydrogen-bond donors (Lipinski definition) is 2. The van der Waals surface area contributed by atoms with Crippen molar-refractivity contribution in [1.29, 1.82) is 0 Å². The molecule has 1 saturated carbocycles. The molecule has 202 valence electrons. The highest BCUT2D eigenvalue weighted by atomic mass is 35.5. The van der Waals surface area contributed by atoms with Crippen molar-refractivity contribution in [3.63, 3.8) is 0 Å². The van der Waals surface area contributed by atoms with Gasteiger partial charge >= 0.3 is 0 Å². The Morgan fingerprint density at radius 3 is 2.24 bits per heavy atom. The molecule has 4 rings (SSSR count). The van der Waals surface area contributed by atoms with Gasteiger partial charge in [0.25, 0.3) is 0 Å². The fraction of sp³-hybridized carbons (Fsp3) is 0.393. The Labute approximate surface area is 232 Å². The van der Waals surface area contributed by atoms with Gasteiger partial charge in [-0.3, -0.25) is 4.79 Å². The Kier molecular flexibility index (Phi) is 8.97. The monoisotopic (exact) mass is 558 g/mol. The number of aromatic nitrogens is 2. The lowest BCUT2D eigenvalue weighted by Crippen LogP contribution is -2.47. The number of nitrogens with zero attached hydrogens (tertiary/aromatic N) is 2. The van der Waals surface area contributed by atoms with Gasteiger partial charge < -0.3 is 24.8 Å². The van der Waals surface area contributed by atoms with Crippen molar-refractivity contribution >= 4 is 45.8 Å². The number of hydrogen-bond acceptors (Lipinski definition) is 8. The number of ether oxygens (including phenoxy) is 3. The predicted octanol–water partition coefficient (Wildman–Crippen LogP) is 6.09. The molecule has 10 heteroatoms. The minimum atomic E-state index is -0.000960. The molecule has 1 aliphatic carbocycles. The number of Topliss-reactive ketones (excluding diaryl/α,β-unsaturated/α-hetero) is 1. The number of fused-ring (bicyclic) bond motifs is 1. The van der Waals surface area contributed by atoms with Crippen molar-refractivity contribution in [3.8, 4) is 28.4 Å². The molecule has 1 aromatic heterocycles. The molecule has 0 bridgehead atoms. The van der Waals surface area contributed by atoms with E-state index in [2.05, 4.69) is 22.2 Å². The number of rotatable bonds is 10. The highest BCUT2D eigenvalue weighted by Crippen LogP contribution is 2.49. The van der Waals surface area contributed by atoms with Gasteiger partial charge in [-0.15, -0.1) is 0 Å². The highest BCUT2D eigenvalue weighted by molar-refractivity contribution is 6.41. The van der Waals surface area contributed by atoms with Crippen molar-refractivity contribution in [1.82, 2.24) is 15.3 Å². The molecule has 8 nitrogen and oxygen atoms in total. The van der Waals surface area contributed by atoms with Crippen LogP contribution in [0.5, 0.6) is 17.2 Å². The third-order valence-corrected chi connectivity index (χ3v) is 7.65. The minimum Gasteiger partial charge on any atom is -0.496 e. The number of benzene rings is 2. The van der Waals surface area contributed by atoms with E-state index in [-0.39, 0.29) is 17.9 Å². The molecule has 0 spiro atoms. The molecule has 38 heavy (non-hydrogen) atoms. The van der Waals surface area contributed by atoms with E-state index in [9.17, 15) is 4.79 Å². The normalized spacial score (nSPS) is 17.2. The van der Waals surface area contributed by atoms with Gasteiger partial charge in [-0.05, 0) is 25.8 Å². The molecule has 0 aliphatic heterocycles. The summed E-state index contributed by atoms with van der Waals surface area (Å²) in [6.45, 7) is 5.86. The number of halogens is 2. The number of carbonyl (C=O) groups is 1. The second-order valence-electron chi connectivity index (χ2n) is 9.27. The van der Waals surface area contributed by atoms with E-state index >= 15 is 0 Å². The van der Waals surface area contributed by atoms with Crippen molar-refractivity contribution in [2.24, 2.45) is 0 Å². The molecule has 0 radical (unpaired) electrons. The van der Waals surface area contributed by atoms with Crippen molar-refractivity contribution in [3.05, 3.63) is 46.6 Å². The summed E-state index contributed by atoms with van der Waals surface area (Å²) in [4.78, 5) is 20.9. The molecule has 2 unspecified atom stereocenters. The lowest BCUT2D eigenvalue weighted by Gasteiger charge is -2.33. The maximum Gasteiger partial charge on any atom is 0.223 e. The van der Waals surface area contributed by atoms with E-state index in [1.165, 1.54) is 21.1 Å². The highest BCUT2D eigenvalue weighted by Gasteiger charge is 2.26. The molecule has 2 N–H and O–H groups in total. The third kappa shape index (κ3) is 5.82. The Hall–Kier alpha value is -3.07. The second kappa shape index (κ2) is 12.2. The predicted molar refractivity (Wildman–Crippen MR) is 152 cm³/mol. The van der Waals surface area contributed by atoms with Gasteiger partial charge in [-0.1, -0.05) is 42.6 Å². The Morgan fingerprint density at radius 2 is 1.63 bits per heavy atom. The largest absolute Gasteiger partial charge is 0.496 e. The fourth-order valence-corrected chi connectivity index (χ4v) is 5.41. The maximum absolute atomic E-state index is 11.6. The number of ketones is 1. The Balaban J connectivity index is 1.66. The van der Waals surface area contributed by atoms with Crippen LogP contribution in [0, 0.1) is 0 Å². The number of carbonyl (C=O) groups excluding carboxylic acids is 1. The van der Waals surface area contributed by atoms with E-state index in [0.29, 0.717) is 62.0 Å². The van der Waals surface area contributed by atoms with E-state index in [0.717, 1.165) is 31.1 Å². The van der Waals surface area contributed by atoms with Gasteiger partial charge in [0.1, 0.15) is 17.2 Å². The average molecular weight is 559 g/mol. The SMILES string of the molecule is C=C(CNC1CCCCC1Nc1ncc2cc(-c3c(Cl)c(OC)cc(OC)c3Cl)c(OC)cc2n1)C(C)=O. The van der Waals surface area contributed by atoms with Crippen LogP contribution in [0.1, 0.15) is 32.6 Å². The van der Waals surface area contributed by atoms with Gasteiger partial charge in [-0.2, -0.15) is 0 Å². The van der Waals surface area contributed by atoms with Crippen LogP contribution in [-0.4, -0.2) is 55.7 Å². The maximum atomic E-state index is 11.6. The summed E-state index contributed by atoms with van der Waals surface area (Å²) < 4.78 is 16.6. The van der Waals surface area contributed by atoms with Gasteiger partial charge in [0.2, 0.25) is 5.95 Å². The van der Waals surface area contributed by atoms with Crippen molar-refractivity contribution in [2.75, 3.05) is 33.2 Å². The van der Waals surface area contributed by atoms with Crippen LogP contribution in [0.4, 0.5) is 5.95 Å². The first-order chi connectivity index (χ1) is 18.3. The topological polar surface area (TPSA) is 94.6 Å². The molecule has 1 heterocycles. The molecule has 2 aromatic carbocycles. The minimum absolute atomic E-state index is 0.000960. The number of anilines is 1. The molecule has 3 aromatic rings. The zero-order valence-corrected chi connectivity index (χ0v) is 23.5. The quantitative estimate of drug-likeness (QED) is 0.289. The Morgan fingerprint density at radius 1 is 1.00 bits per heavy atom. The molecule has 1 aliphatic rings. The number of methoxy groups -OCH3 is 3. The van der Waals surface area contributed by atoms with Crippen molar-refractivity contribution in [2.45, 2.75) is 44.7 Å². The van der Waals surface area contributed by atoms with Crippen LogP contribution in [0.15, 0.2) is 36.5 Å². The molecule has 1 fully saturated rings. The van der Waals surface area contributed by atoms with Gasteiger partial charge in [0, 0.05) is 59.0 Å². The molecular weight excluding hydrogens is 527 g/mol. The van der Waals surface area contributed by atoms with E-state index in [1.54, 1.807) is 19.4 Å². The molecule has 0 saturated heterocycles. The van der Waals surface area contributed by atoms with Crippen LogP contribution in [-0.2, 0) is 4.79 Å².